The topological polar surface area (TPSA) is 90.4 Å². The molecule has 3 saturated heterocycles. The number of nitrogens with zero attached hydrogens (tertiary/aromatic N) is 3. The molecule has 3 amide bonds. The fraction of sp³-hybridized carbons (Fsp3) is 0.594. The Morgan fingerprint density at radius 1 is 1.15 bits per heavy atom. The molecule has 1 aromatic carbocycles. The van der Waals surface area contributed by atoms with E-state index in [1.165, 1.54) is 0 Å². The van der Waals surface area contributed by atoms with Crippen molar-refractivity contribution < 1.29 is 24.2 Å². The number of hydrogen-bond donors (Lipinski definition) is 1. The third-order valence-corrected chi connectivity index (χ3v) is 8.89. The van der Waals surface area contributed by atoms with Crippen LogP contribution in [0.3, 0.4) is 0 Å². The summed E-state index contributed by atoms with van der Waals surface area (Å²) in [5.41, 5.74) is -0.111. The number of ether oxygens (including phenoxy) is 1. The Balaban J connectivity index is 1.74. The second-order valence-corrected chi connectivity index (χ2v) is 11.7. The van der Waals surface area contributed by atoms with E-state index in [-0.39, 0.29) is 30.2 Å². The van der Waals surface area contributed by atoms with Gasteiger partial charge < -0.3 is 24.5 Å². The highest BCUT2D eigenvalue weighted by molar-refractivity contribution is 5.99. The number of benzene rings is 1. The Hall–Kier alpha value is -2.97. The molecule has 3 fully saturated rings. The van der Waals surface area contributed by atoms with E-state index < -0.39 is 35.6 Å². The molecule has 1 aromatic rings. The lowest BCUT2D eigenvalue weighted by Gasteiger charge is -2.40. The Bertz CT molecular complexity index is 1090. The Kier molecular flexibility index (Phi) is 9.52. The third-order valence-electron chi connectivity index (χ3n) is 8.89. The van der Waals surface area contributed by atoms with Crippen LogP contribution in [0.5, 0.6) is 0 Å². The normalized spacial score (nSPS) is 27.5. The van der Waals surface area contributed by atoms with Crippen molar-refractivity contribution in [3.63, 3.8) is 0 Å². The zero-order chi connectivity index (χ0) is 29.0. The Morgan fingerprint density at radius 2 is 1.82 bits per heavy atom. The molecule has 3 aliphatic heterocycles. The summed E-state index contributed by atoms with van der Waals surface area (Å²) in [7, 11) is 0. The minimum atomic E-state index is -1.10. The van der Waals surface area contributed by atoms with E-state index in [1.54, 1.807) is 26.9 Å². The largest absolute Gasteiger partial charge is 0.394 e. The van der Waals surface area contributed by atoms with Gasteiger partial charge in [0.15, 0.2) is 0 Å². The summed E-state index contributed by atoms with van der Waals surface area (Å²) in [6.07, 6.45) is 5.84. The maximum Gasteiger partial charge on any atom is 0.248 e. The summed E-state index contributed by atoms with van der Waals surface area (Å²) in [6, 6.07) is 8.28. The first kappa shape index (κ1) is 30.0. The van der Waals surface area contributed by atoms with Crippen LogP contribution < -0.4 is 0 Å². The highest BCUT2D eigenvalue weighted by Gasteiger charge is 2.75. The number of fused-ring (bicyclic) bond motifs is 1. The molecular weight excluding hydrogens is 506 g/mol. The maximum atomic E-state index is 14.4. The fourth-order valence-corrected chi connectivity index (χ4v) is 7.00. The van der Waals surface area contributed by atoms with Gasteiger partial charge in [0.05, 0.1) is 30.6 Å². The second kappa shape index (κ2) is 12.7. The lowest BCUT2D eigenvalue weighted by atomic mass is 9.70. The molecule has 3 heterocycles. The summed E-state index contributed by atoms with van der Waals surface area (Å²) in [6.45, 7) is 15.0. The first-order valence-electron chi connectivity index (χ1n) is 14.7. The van der Waals surface area contributed by atoms with Crippen molar-refractivity contribution in [1.82, 2.24) is 14.7 Å². The van der Waals surface area contributed by atoms with Crippen molar-refractivity contribution in [2.45, 2.75) is 76.8 Å². The van der Waals surface area contributed by atoms with Gasteiger partial charge in [-0.3, -0.25) is 14.4 Å². The van der Waals surface area contributed by atoms with Crippen LogP contribution in [0.2, 0.25) is 0 Å². The van der Waals surface area contributed by atoms with Crippen molar-refractivity contribution in [2.24, 2.45) is 17.8 Å². The van der Waals surface area contributed by atoms with Crippen LogP contribution in [-0.2, 0) is 25.7 Å². The summed E-state index contributed by atoms with van der Waals surface area (Å²) in [4.78, 5) is 48.0. The van der Waals surface area contributed by atoms with Gasteiger partial charge in [-0.1, -0.05) is 69.7 Å². The molecule has 40 heavy (non-hydrogen) atoms. The summed E-state index contributed by atoms with van der Waals surface area (Å²) in [5, 5.41) is 10.4. The quantitative estimate of drug-likeness (QED) is 0.358. The van der Waals surface area contributed by atoms with Gasteiger partial charge in [-0.2, -0.15) is 0 Å². The summed E-state index contributed by atoms with van der Waals surface area (Å²) >= 11 is 0. The number of rotatable bonds is 14. The number of aliphatic hydroxyl groups excluding tert-OH is 1. The van der Waals surface area contributed by atoms with Gasteiger partial charge in [0.2, 0.25) is 17.7 Å². The van der Waals surface area contributed by atoms with Crippen LogP contribution in [0.15, 0.2) is 55.6 Å². The van der Waals surface area contributed by atoms with Crippen molar-refractivity contribution in [1.29, 1.82) is 0 Å². The molecule has 2 bridgehead atoms. The maximum absolute atomic E-state index is 14.4. The van der Waals surface area contributed by atoms with Gasteiger partial charge in [0.1, 0.15) is 11.6 Å². The smallest absolute Gasteiger partial charge is 0.248 e. The predicted octanol–water partition coefficient (Wildman–Crippen LogP) is 3.41. The SMILES string of the molecule is C=CCN(CCCC)C(=O)C1N([C@@H](CO)C(C)C)C(=O)[C@@H]2[C@@H](C(=O)N(CC=C)Cc3ccccc3)[C@H]3CCC12O3. The molecule has 3 aliphatic rings. The molecule has 8 nitrogen and oxygen atoms in total. The van der Waals surface area contributed by atoms with E-state index in [1.807, 2.05) is 44.2 Å². The molecule has 0 radical (unpaired) electrons. The van der Waals surface area contributed by atoms with E-state index in [4.69, 9.17) is 4.74 Å². The molecule has 2 unspecified atom stereocenters. The van der Waals surface area contributed by atoms with E-state index in [2.05, 4.69) is 20.1 Å². The van der Waals surface area contributed by atoms with Crippen molar-refractivity contribution in [3.05, 3.63) is 61.2 Å². The Labute approximate surface area is 238 Å². The number of unbranched alkanes of at least 4 members (excludes halogenated alkanes) is 1. The molecule has 4 rings (SSSR count). The second-order valence-electron chi connectivity index (χ2n) is 11.7. The van der Waals surface area contributed by atoms with Crippen molar-refractivity contribution in [2.75, 3.05) is 26.2 Å². The monoisotopic (exact) mass is 551 g/mol. The summed E-state index contributed by atoms with van der Waals surface area (Å²) < 4.78 is 6.65. The van der Waals surface area contributed by atoms with Gasteiger partial charge in [-0.05, 0) is 30.7 Å². The summed E-state index contributed by atoms with van der Waals surface area (Å²) in [5.74, 6) is -2.17. The zero-order valence-electron chi connectivity index (χ0n) is 24.2. The average Bonchev–Trinajstić information content (AvgIpc) is 3.58. The number of aliphatic hydroxyl groups is 1. The van der Waals surface area contributed by atoms with Crippen LogP contribution in [-0.4, -0.2) is 87.6 Å². The van der Waals surface area contributed by atoms with Gasteiger partial charge >= 0.3 is 0 Å². The van der Waals surface area contributed by atoms with Crippen LogP contribution in [0.1, 0.15) is 52.0 Å². The third kappa shape index (κ3) is 5.23. The minimum Gasteiger partial charge on any atom is -0.394 e. The van der Waals surface area contributed by atoms with Crippen LogP contribution in [0.4, 0.5) is 0 Å². The van der Waals surface area contributed by atoms with E-state index in [0.29, 0.717) is 39.0 Å². The lowest BCUT2D eigenvalue weighted by molar-refractivity contribution is -0.153. The van der Waals surface area contributed by atoms with Crippen LogP contribution >= 0.6 is 0 Å². The number of carbonyl (C=O) groups excluding carboxylic acids is 3. The van der Waals surface area contributed by atoms with Crippen LogP contribution in [0, 0.1) is 17.8 Å². The van der Waals surface area contributed by atoms with Crippen molar-refractivity contribution in [3.8, 4) is 0 Å². The van der Waals surface area contributed by atoms with Gasteiger partial charge in [0, 0.05) is 26.2 Å². The first-order valence-corrected chi connectivity index (χ1v) is 14.7. The van der Waals surface area contributed by atoms with Crippen molar-refractivity contribution >= 4 is 17.7 Å². The van der Waals surface area contributed by atoms with Gasteiger partial charge in [-0.15, -0.1) is 13.2 Å². The molecule has 218 valence electrons. The number of amides is 3. The fourth-order valence-electron chi connectivity index (χ4n) is 7.00. The number of carbonyl (C=O) groups is 3. The number of likely N-dealkylation sites (tertiary alicyclic amines) is 1. The van der Waals surface area contributed by atoms with E-state index in [9.17, 15) is 19.5 Å². The molecule has 0 aliphatic carbocycles. The molecular formula is C32H45N3O5. The first-order chi connectivity index (χ1) is 19.2. The highest BCUT2D eigenvalue weighted by Crippen LogP contribution is 2.59. The van der Waals surface area contributed by atoms with Gasteiger partial charge in [-0.25, -0.2) is 0 Å². The number of hydrogen-bond acceptors (Lipinski definition) is 5. The van der Waals surface area contributed by atoms with E-state index >= 15 is 0 Å². The van der Waals surface area contributed by atoms with Gasteiger partial charge in [0.25, 0.3) is 0 Å². The minimum absolute atomic E-state index is 0.0929. The Morgan fingerprint density at radius 3 is 2.42 bits per heavy atom. The lowest BCUT2D eigenvalue weighted by Crippen LogP contribution is -2.59. The molecule has 6 atom stereocenters. The molecule has 0 saturated carbocycles. The predicted molar refractivity (Wildman–Crippen MR) is 154 cm³/mol. The molecule has 1 N–H and O–H groups in total. The zero-order valence-corrected chi connectivity index (χ0v) is 24.2. The average molecular weight is 552 g/mol. The molecule has 0 aromatic heterocycles. The molecule has 8 heteroatoms. The standard InChI is InChI=1S/C32H45N3O5/c1-6-9-19-33(17-7-2)31(39)28-32-16-15-25(40-32)26(27(32)30(38)35(28)24(21-36)22(4)5)29(37)34(18-8-3)20-23-13-11-10-12-14-23/h7-8,10-14,22,24-28,36H,2-3,6,9,15-21H2,1,4-5H3/t24-,25+,26-,27-,28?,32?/m0/s1. The highest BCUT2D eigenvalue weighted by atomic mass is 16.5. The molecule has 1 spiro atoms. The van der Waals surface area contributed by atoms with E-state index in [0.717, 1.165) is 18.4 Å². The van der Waals surface area contributed by atoms with Crippen LogP contribution in [0.25, 0.3) is 0 Å².